The minimum atomic E-state index is -0.751. The summed E-state index contributed by atoms with van der Waals surface area (Å²) in [5.41, 5.74) is -0.751. The molecule has 2 aliphatic rings. The van der Waals surface area contributed by atoms with Crippen LogP contribution in [0.15, 0.2) is 30.3 Å². The summed E-state index contributed by atoms with van der Waals surface area (Å²) >= 11 is 0. The number of hydrogen-bond donors (Lipinski definition) is 1. The highest BCUT2D eigenvalue weighted by atomic mass is 16.5. The summed E-state index contributed by atoms with van der Waals surface area (Å²) in [4.78, 5) is 16.6. The number of aliphatic hydroxyl groups is 1. The van der Waals surface area contributed by atoms with Crippen LogP contribution in [0.5, 0.6) is 5.75 Å². The topological polar surface area (TPSA) is 53.0 Å². The SMILES string of the molecule is O=C(CCOc1ccccc1)N1CCC[C@](O)(CN2CCCC2)C1. The van der Waals surface area contributed by atoms with Crippen molar-refractivity contribution in [2.24, 2.45) is 0 Å². The van der Waals surface area contributed by atoms with Crippen molar-refractivity contribution in [1.82, 2.24) is 9.80 Å². The summed E-state index contributed by atoms with van der Waals surface area (Å²) in [5, 5.41) is 10.9. The lowest BCUT2D eigenvalue weighted by atomic mass is 9.92. The third kappa shape index (κ3) is 4.71. The second kappa shape index (κ2) is 7.99. The Kier molecular flexibility index (Phi) is 5.74. The van der Waals surface area contributed by atoms with Crippen molar-refractivity contribution < 1.29 is 14.6 Å². The van der Waals surface area contributed by atoms with E-state index in [-0.39, 0.29) is 5.91 Å². The number of amides is 1. The molecule has 1 atom stereocenters. The molecule has 0 spiro atoms. The second-order valence-electron chi connectivity index (χ2n) is 7.04. The van der Waals surface area contributed by atoms with Crippen LogP contribution in [0.1, 0.15) is 32.1 Å². The zero-order chi connectivity index (χ0) is 16.8. The first-order chi connectivity index (χ1) is 11.6. The van der Waals surface area contributed by atoms with E-state index in [1.807, 2.05) is 35.2 Å². The van der Waals surface area contributed by atoms with Gasteiger partial charge in [0.1, 0.15) is 5.75 Å². The van der Waals surface area contributed by atoms with Crippen LogP contribution in [0, 0.1) is 0 Å². The number of likely N-dealkylation sites (tertiary alicyclic amines) is 2. The molecule has 5 heteroatoms. The van der Waals surface area contributed by atoms with Crippen LogP contribution < -0.4 is 4.74 Å². The third-order valence-electron chi connectivity index (χ3n) is 4.95. The number of hydrogen-bond acceptors (Lipinski definition) is 4. The zero-order valence-electron chi connectivity index (χ0n) is 14.3. The van der Waals surface area contributed by atoms with Crippen LogP contribution in [-0.2, 0) is 4.79 Å². The minimum Gasteiger partial charge on any atom is -0.493 e. The van der Waals surface area contributed by atoms with Gasteiger partial charge < -0.3 is 19.6 Å². The molecule has 2 fully saturated rings. The fraction of sp³-hybridized carbons (Fsp3) is 0.632. The van der Waals surface area contributed by atoms with Crippen LogP contribution in [0.25, 0.3) is 0 Å². The summed E-state index contributed by atoms with van der Waals surface area (Å²) in [6, 6.07) is 9.55. The maximum atomic E-state index is 12.4. The number of nitrogens with zero attached hydrogens (tertiary/aromatic N) is 2. The molecule has 0 radical (unpaired) electrons. The fourth-order valence-corrected chi connectivity index (χ4v) is 3.74. The molecule has 0 saturated carbocycles. The predicted molar refractivity (Wildman–Crippen MR) is 93.0 cm³/mol. The van der Waals surface area contributed by atoms with Crippen LogP contribution in [-0.4, -0.2) is 65.7 Å². The van der Waals surface area contributed by atoms with Gasteiger partial charge in [-0.05, 0) is 50.9 Å². The predicted octanol–water partition coefficient (Wildman–Crippen LogP) is 1.90. The molecule has 1 N–H and O–H groups in total. The zero-order valence-corrected chi connectivity index (χ0v) is 14.3. The Hall–Kier alpha value is -1.59. The second-order valence-corrected chi connectivity index (χ2v) is 7.04. The van der Waals surface area contributed by atoms with Gasteiger partial charge in [-0.25, -0.2) is 0 Å². The number of carbonyl (C=O) groups is 1. The Labute approximate surface area is 144 Å². The van der Waals surface area contributed by atoms with E-state index in [0.717, 1.165) is 38.2 Å². The molecule has 2 heterocycles. The van der Waals surface area contributed by atoms with Crippen molar-refractivity contribution in [2.45, 2.75) is 37.7 Å². The standard InChI is InChI=1S/C19H28N2O3/c22-18(9-14-24-17-7-2-1-3-8-17)21-13-6-10-19(23,16-21)15-20-11-4-5-12-20/h1-3,7-8,23H,4-6,9-16H2/t19-/m0/s1. The van der Waals surface area contributed by atoms with Crippen molar-refractivity contribution in [3.8, 4) is 5.75 Å². The largest absolute Gasteiger partial charge is 0.493 e. The van der Waals surface area contributed by atoms with Crippen LogP contribution in [0.3, 0.4) is 0 Å². The summed E-state index contributed by atoms with van der Waals surface area (Å²) < 4.78 is 5.61. The molecule has 0 bridgehead atoms. The molecule has 1 aromatic rings. The van der Waals surface area contributed by atoms with Gasteiger partial charge in [0, 0.05) is 13.1 Å². The Morgan fingerprint density at radius 2 is 1.88 bits per heavy atom. The Bertz CT molecular complexity index is 531. The molecule has 2 aliphatic heterocycles. The van der Waals surface area contributed by atoms with E-state index in [9.17, 15) is 9.90 Å². The van der Waals surface area contributed by atoms with E-state index in [4.69, 9.17) is 4.74 Å². The van der Waals surface area contributed by atoms with Crippen molar-refractivity contribution >= 4 is 5.91 Å². The summed E-state index contributed by atoms with van der Waals surface area (Å²) in [7, 11) is 0. The first kappa shape index (κ1) is 17.2. The van der Waals surface area contributed by atoms with E-state index in [1.165, 1.54) is 12.8 Å². The van der Waals surface area contributed by atoms with Crippen LogP contribution in [0.2, 0.25) is 0 Å². The van der Waals surface area contributed by atoms with Gasteiger partial charge in [-0.15, -0.1) is 0 Å². The molecule has 24 heavy (non-hydrogen) atoms. The number of para-hydroxylation sites is 1. The highest BCUT2D eigenvalue weighted by Gasteiger charge is 2.37. The van der Waals surface area contributed by atoms with Crippen molar-refractivity contribution in [2.75, 3.05) is 39.3 Å². The fourth-order valence-electron chi connectivity index (χ4n) is 3.74. The number of β-amino-alcohol motifs (C(OH)–C–C–N with tert-alkyl or cyclic N) is 1. The van der Waals surface area contributed by atoms with Gasteiger partial charge in [-0.1, -0.05) is 18.2 Å². The average Bonchev–Trinajstić information content (AvgIpc) is 3.08. The molecular formula is C19H28N2O3. The number of benzene rings is 1. The average molecular weight is 332 g/mol. The van der Waals surface area contributed by atoms with Gasteiger partial charge in [-0.3, -0.25) is 4.79 Å². The summed E-state index contributed by atoms with van der Waals surface area (Å²) in [5.74, 6) is 0.861. The van der Waals surface area contributed by atoms with Gasteiger partial charge in [0.15, 0.2) is 0 Å². The Balaban J connectivity index is 1.45. The van der Waals surface area contributed by atoms with E-state index in [0.29, 0.717) is 26.1 Å². The maximum Gasteiger partial charge on any atom is 0.226 e. The van der Waals surface area contributed by atoms with Gasteiger partial charge >= 0.3 is 0 Å². The molecule has 0 unspecified atom stereocenters. The number of carbonyl (C=O) groups excluding carboxylic acids is 1. The molecule has 0 aliphatic carbocycles. The van der Waals surface area contributed by atoms with Crippen LogP contribution >= 0.6 is 0 Å². The highest BCUT2D eigenvalue weighted by molar-refractivity contribution is 5.76. The monoisotopic (exact) mass is 332 g/mol. The highest BCUT2D eigenvalue weighted by Crippen LogP contribution is 2.24. The first-order valence-corrected chi connectivity index (χ1v) is 9.05. The smallest absolute Gasteiger partial charge is 0.226 e. The van der Waals surface area contributed by atoms with Gasteiger partial charge in [0.25, 0.3) is 0 Å². The quantitative estimate of drug-likeness (QED) is 0.864. The normalized spacial score (nSPS) is 25.0. The van der Waals surface area contributed by atoms with E-state index < -0.39 is 5.60 Å². The summed E-state index contributed by atoms with van der Waals surface area (Å²) in [6.07, 6.45) is 4.45. The number of rotatable bonds is 6. The lowest BCUT2D eigenvalue weighted by Gasteiger charge is -2.41. The van der Waals surface area contributed by atoms with Gasteiger partial charge in [0.2, 0.25) is 5.91 Å². The first-order valence-electron chi connectivity index (χ1n) is 9.05. The minimum absolute atomic E-state index is 0.0745. The van der Waals surface area contributed by atoms with Crippen LogP contribution in [0.4, 0.5) is 0 Å². The molecule has 132 valence electrons. The van der Waals surface area contributed by atoms with Crippen molar-refractivity contribution in [3.05, 3.63) is 30.3 Å². The summed E-state index contributed by atoms with van der Waals surface area (Å²) in [6.45, 7) is 4.41. The van der Waals surface area contributed by atoms with Crippen molar-refractivity contribution in [3.63, 3.8) is 0 Å². The Morgan fingerprint density at radius 3 is 2.62 bits per heavy atom. The molecule has 1 aromatic carbocycles. The molecular weight excluding hydrogens is 304 g/mol. The molecule has 3 rings (SSSR count). The lowest BCUT2D eigenvalue weighted by Crippen LogP contribution is -2.55. The number of ether oxygens (including phenoxy) is 1. The lowest BCUT2D eigenvalue weighted by molar-refractivity contribution is -0.139. The third-order valence-corrected chi connectivity index (χ3v) is 4.95. The van der Waals surface area contributed by atoms with E-state index in [1.54, 1.807) is 0 Å². The number of piperidine rings is 1. The van der Waals surface area contributed by atoms with Gasteiger partial charge in [0.05, 0.1) is 25.2 Å². The van der Waals surface area contributed by atoms with Gasteiger partial charge in [-0.2, -0.15) is 0 Å². The maximum absolute atomic E-state index is 12.4. The Morgan fingerprint density at radius 1 is 1.12 bits per heavy atom. The van der Waals surface area contributed by atoms with Crippen molar-refractivity contribution in [1.29, 1.82) is 0 Å². The molecule has 1 amide bonds. The molecule has 0 aromatic heterocycles. The molecule has 5 nitrogen and oxygen atoms in total. The molecule has 2 saturated heterocycles. The van der Waals surface area contributed by atoms with E-state index in [2.05, 4.69) is 4.90 Å². The van der Waals surface area contributed by atoms with E-state index >= 15 is 0 Å².